The van der Waals surface area contributed by atoms with E-state index in [0.29, 0.717) is 18.0 Å². The molecular weight excluding hydrogens is 344 g/mol. The maximum atomic E-state index is 14.8. The van der Waals surface area contributed by atoms with Crippen molar-refractivity contribution in [3.05, 3.63) is 89.7 Å². The van der Waals surface area contributed by atoms with E-state index in [2.05, 4.69) is 6.58 Å². The normalized spacial score (nSPS) is 13.4. The number of nitrogens with zero attached hydrogens (tertiary/aromatic N) is 1. The highest BCUT2D eigenvalue weighted by Gasteiger charge is 2.25. The second-order valence-corrected chi connectivity index (χ2v) is 5.71. The van der Waals surface area contributed by atoms with Crippen molar-refractivity contribution in [3.8, 4) is 5.75 Å². The molecule has 0 radical (unpaired) electrons. The van der Waals surface area contributed by atoms with E-state index < -0.39 is 11.6 Å². The van der Waals surface area contributed by atoms with Gasteiger partial charge >= 0.3 is 0 Å². The van der Waals surface area contributed by atoms with Gasteiger partial charge in [0.15, 0.2) is 0 Å². The SMILES string of the molecule is C=C1C=CC(c2ccccc2)=C(c2c(F)cc(OCC)cc2F)N1C.CC. The van der Waals surface area contributed by atoms with Crippen molar-refractivity contribution < 1.29 is 13.5 Å². The standard InChI is InChI=1S/C21H19F2NO.C2H6/c1-4-25-16-12-18(22)20(19(23)13-16)21-17(11-10-14(2)24(21)3)15-8-6-5-7-9-15;1-2/h5-13H,2,4H2,1,3H3;1-2H3. The Morgan fingerprint density at radius 3 is 2.15 bits per heavy atom. The van der Waals surface area contributed by atoms with Crippen LogP contribution in [0, 0.1) is 11.6 Å². The van der Waals surface area contributed by atoms with Crippen LogP contribution >= 0.6 is 0 Å². The summed E-state index contributed by atoms with van der Waals surface area (Å²) in [4.78, 5) is 1.70. The first-order valence-corrected chi connectivity index (χ1v) is 9.05. The first-order chi connectivity index (χ1) is 13.0. The molecule has 0 saturated carbocycles. The van der Waals surface area contributed by atoms with Gasteiger partial charge in [0.2, 0.25) is 0 Å². The molecule has 0 unspecified atom stereocenters. The Kier molecular flexibility index (Phi) is 6.94. The molecule has 0 atom stereocenters. The zero-order valence-electron chi connectivity index (χ0n) is 16.2. The van der Waals surface area contributed by atoms with Crippen molar-refractivity contribution in [1.29, 1.82) is 0 Å². The van der Waals surface area contributed by atoms with Gasteiger partial charge in [-0.3, -0.25) is 0 Å². The molecule has 0 N–H and O–H groups in total. The van der Waals surface area contributed by atoms with E-state index >= 15 is 0 Å². The smallest absolute Gasteiger partial charge is 0.139 e. The molecule has 142 valence electrons. The second kappa shape index (κ2) is 9.17. The summed E-state index contributed by atoms with van der Waals surface area (Å²) in [6.07, 6.45) is 3.67. The number of likely N-dealkylation sites (N-methyl/N-ethyl adjacent to an activating group) is 1. The van der Waals surface area contributed by atoms with Gasteiger partial charge in [-0.1, -0.05) is 56.8 Å². The Morgan fingerprint density at radius 1 is 1.00 bits per heavy atom. The summed E-state index contributed by atoms with van der Waals surface area (Å²) < 4.78 is 34.8. The summed E-state index contributed by atoms with van der Waals surface area (Å²) in [5.74, 6) is -1.15. The van der Waals surface area contributed by atoms with E-state index in [-0.39, 0.29) is 11.3 Å². The van der Waals surface area contributed by atoms with Gasteiger partial charge in [-0.25, -0.2) is 8.78 Å². The molecule has 4 heteroatoms. The van der Waals surface area contributed by atoms with Crippen LogP contribution in [0.3, 0.4) is 0 Å². The van der Waals surface area contributed by atoms with Crippen molar-refractivity contribution >= 4 is 11.3 Å². The Balaban J connectivity index is 0.00000126. The van der Waals surface area contributed by atoms with Gasteiger partial charge in [0.1, 0.15) is 17.4 Å². The summed E-state index contributed by atoms with van der Waals surface area (Å²) in [6, 6.07) is 11.9. The van der Waals surface area contributed by atoms with Gasteiger partial charge in [-0.2, -0.15) is 0 Å². The van der Waals surface area contributed by atoms with Crippen LogP contribution < -0.4 is 4.74 Å². The predicted molar refractivity (Wildman–Crippen MR) is 108 cm³/mol. The van der Waals surface area contributed by atoms with Gasteiger partial charge in [0, 0.05) is 30.5 Å². The van der Waals surface area contributed by atoms with Crippen LogP contribution in [0.1, 0.15) is 31.9 Å². The first kappa shape index (κ1) is 20.4. The van der Waals surface area contributed by atoms with Crippen LogP contribution in [-0.4, -0.2) is 18.6 Å². The fourth-order valence-corrected chi connectivity index (χ4v) is 2.87. The van der Waals surface area contributed by atoms with Crippen LogP contribution in [0.25, 0.3) is 11.3 Å². The van der Waals surface area contributed by atoms with E-state index in [9.17, 15) is 8.78 Å². The topological polar surface area (TPSA) is 12.5 Å². The third-order valence-corrected chi connectivity index (χ3v) is 4.11. The number of ether oxygens (including phenoxy) is 1. The number of benzene rings is 2. The molecule has 1 aliphatic rings. The van der Waals surface area contributed by atoms with Gasteiger partial charge in [-0.05, 0) is 18.6 Å². The fourth-order valence-electron chi connectivity index (χ4n) is 2.87. The quantitative estimate of drug-likeness (QED) is 0.629. The summed E-state index contributed by atoms with van der Waals surface area (Å²) in [5.41, 5.74) is 2.62. The lowest BCUT2D eigenvalue weighted by atomic mass is 9.94. The average Bonchev–Trinajstić information content (AvgIpc) is 2.67. The van der Waals surface area contributed by atoms with Gasteiger partial charge < -0.3 is 9.64 Å². The summed E-state index contributed by atoms with van der Waals surface area (Å²) >= 11 is 0. The molecule has 27 heavy (non-hydrogen) atoms. The molecule has 0 fully saturated rings. The van der Waals surface area contributed by atoms with Crippen LogP contribution in [-0.2, 0) is 0 Å². The van der Waals surface area contributed by atoms with E-state index in [0.717, 1.165) is 11.1 Å². The maximum absolute atomic E-state index is 14.8. The lowest BCUT2D eigenvalue weighted by molar-refractivity contribution is 0.335. The molecule has 0 aliphatic carbocycles. The van der Waals surface area contributed by atoms with Gasteiger partial charge in [0.05, 0.1) is 17.9 Å². The third-order valence-electron chi connectivity index (χ3n) is 4.11. The van der Waals surface area contributed by atoms with Crippen molar-refractivity contribution in [2.75, 3.05) is 13.7 Å². The molecule has 0 bridgehead atoms. The number of allylic oxidation sites excluding steroid dienone is 3. The minimum atomic E-state index is -0.665. The molecular formula is C23H25F2NO. The summed E-state index contributed by atoms with van der Waals surface area (Å²) in [7, 11) is 1.75. The zero-order chi connectivity index (χ0) is 20.0. The highest BCUT2D eigenvalue weighted by molar-refractivity contribution is 5.97. The highest BCUT2D eigenvalue weighted by Crippen LogP contribution is 2.38. The van der Waals surface area contributed by atoms with E-state index in [1.165, 1.54) is 12.1 Å². The Morgan fingerprint density at radius 2 is 1.59 bits per heavy atom. The molecule has 0 amide bonds. The van der Waals surface area contributed by atoms with Gasteiger partial charge in [-0.15, -0.1) is 0 Å². The minimum Gasteiger partial charge on any atom is -0.494 e. The Labute approximate surface area is 160 Å². The molecule has 3 rings (SSSR count). The zero-order valence-corrected chi connectivity index (χ0v) is 16.2. The molecule has 2 nitrogen and oxygen atoms in total. The molecule has 2 aromatic rings. The lowest BCUT2D eigenvalue weighted by Crippen LogP contribution is -2.20. The summed E-state index contributed by atoms with van der Waals surface area (Å²) in [5, 5.41) is 0. The predicted octanol–water partition coefficient (Wildman–Crippen LogP) is 6.27. The molecule has 0 spiro atoms. The van der Waals surface area contributed by atoms with Crippen molar-refractivity contribution in [3.63, 3.8) is 0 Å². The monoisotopic (exact) mass is 369 g/mol. The van der Waals surface area contributed by atoms with Crippen LogP contribution in [0.5, 0.6) is 5.75 Å². The van der Waals surface area contributed by atoms with E-state index in [1.807, 2.05) is 56.3 Å². The summed E-state index contributed by atoms with van der Waals surface area (Å²) in [6.45, 7) is 10.1. The Bertz CT molecular complexity index is 846. The number of hydrogen-bond donors (Lipinski definition) is 0. The largest absolute Gasteiger partial charge is 0.494 e. The van der Waals surface area contributed by atoms with Gasteiger partial charge in [0.25, 0.3) is 0 Å². The number of halogens is 2. The van der Waals surface area contributed by atoms with Crippen LogP contribution in [0.15, 0.2) is 66.9 Å². The second-order valence-electron chi connectivity index (χ2n) is 5.71. The molecule has 1 heterocycles. The molecule has 1 aliphatic heterocycles. The molecule has 0 aromatic heterocycles. The van der Waals surface area contributed by atoms with Crippen molar-refractivity contribution in [2.45, 2.75) is 20.8 Å². The van der Waals surface area contributed by atoms with Crippen molar-refractivity contribution in [1.82, 2.24) is 4.90 Å². The van der Waals surface area contributed by atoms with Crippen LogP contribution in [0.4, 0.5) is 8.78 Å². The van der Waals surface area contributed by atoms with E-state index in [1.54, 1.807) is 18.9 Å². The van der Waals surface area contributed by atoms with Crippen molar-refractivity contribution in [2.24, 2.45) is 0 Å². The lowest BCUT2D eigenvalue weighted by Gasteiger charge is -2.30. The fraction of sp³-hybridized carbons (Fsp3) is 0.217. The molecule has 0 saturated heterocycles. The van der Waals surface area contributed by atoms with E-state index in [4.69, 9.17) is 4.74 Å². The average molecular weight is 369 g/mol. The molecule has 2 aromatic carbocycles. The first-order valence-electron chi connectivity index (χ1n) is 9.05. The number of rotatable bonds is 4. The maximum Gasteiger partial charge on any atom is 0.139 e. The third kappa shape index (κ3) is 4.27. The number of hydrogen-bond acceptors (Lipinski definition) is 2. The highest BCUT2D eigenvalue weighted by atomic mass is 19.1. The minimum absolute atomic E-state index is 0.0877. The van der Waals surface area contributed by atoms with Crippen LogP contribution in [0.2, 0.25) is 0 Å². The Hall–Kier alpha value is -2.88.